The molecule has 1 atom stereocenters. The lowest BCUT2D eigenvalue weighted by molar-refractivity contribution is -0.136. The van der Waals surface area contributed by atoms with E-state index < -0.39 is 24.0 Å². The molecule has 3 amide bonds. The van der Waals surface area contributed by atoms with E-state index >= 15 is 0 Å². The number of aryl methyl sites for hydroxylation is 1. The minimum absolute atomic E-state index is 0.0681. The molecular formula is C21H20N2O5. The van der Waals surface area contributed by atoms with Gasteiger partial charge in [0.1, 0.15) is 0 Å². The Morgan fingerprint density at radius 1 is 1.04 bits per heavy atom. The summed E-state index contributed by atoms with van der Waals surface area (Å²) in [7, 11) is 0. The van der Waals surface area contributed by atoms with Gasteiger partial charge in [-0.05, 0) is 19.9 Å². The number of ether oxygens (including phenoxy) is 1. The van der Waals surface area contributed by atoms with Gasteiger partial charge in [-0.2, -0.15) is 0 Å². The lowest BCUT2D eigenvalue weighted by Crippen LogP contribution is -2.41. The average molecular weight is 380 g/mol. The van der Waals surface area contributed by atoms with Crippen molar-refractivity contribution in [2.24, 2.45) is 0 Å². The fourth-order valence-corrected chi connectivity index (χ4v) is 2.90. The molecule has 1 aliphatic heterocycles. The van der Waals surface area contributed by atoms with E-state index in [9.17, 15) is 19.2 Å². The lowest BCUT2D eigenvalue weighted by atomic mass is 9.98. The number of amides is 3. The number of nitrogens with one attached hydrogen (secondary N) is 1. The molecule has 2 aromatic rings. The van der Waals surface area contributed by atoms with Gasteiger partial charge in [0, 0.05) is 24.2 Å². The van der Waals surface area contributed by atoms with Crippen LogP contribution in [-0.4, -0.2) is 47.8 Å². The first-order chi connectivity index (χ1) is 13.4. The summed E-state index contributed by atoms with van der Waals surface area (Å²) < 4.78 is 5.24. The standard InChI is InChI=1S/C21H20N2O5/c1-13-7-9-15(10-8-13)18(24)16-5-3-4-6-17(16)20(26)28-14(2)19(25)23-12-11-22-21(23)27/h3-10,14H,11-12H2,1-2H3,(H,22,27). The van der Waals surface area contributed by atoms with E-state index in [1.165, 1.54) is 13.0 Å². The van der Waals surface area contributed by atoms with E-state index in [-0.39, 0.29) is 23.5 Å². The molecule has 0 bridgehead atoms. The van der Waals surface area contributed by atoms with Gasteiger partial charge in [0.15, 0.2) is 11.9 Å². The minimum Gasteiger partial charge on any atom is -0.449 e. The molecule has 1 saturated heterocycles. The Balaban J connectivity index is 1.79. The maximum atomic E-state index is 12.8. The second kappa shape index (κ2) is 8.04. The van der Waals surface area contributed by atoms with Gasteiger partial charge in [-0.25, -0.2) is 9.59 Å². The van der Waals surface area contributed by atoms with E-state index in [1.807, 2.05) is 19.1 Å². The van der Waals surface area contributed by atoms with Gasteiger partial charge in [0.05, 0.1) is 5.56 Å². The molecule has 7 heteroatoms. The van der Waals surface area contributed by atoms with Crippen LogP contribution in [0, 0.1) is 6.92 Å². The van der Waals surface area contributed by atoms with E-state index in [1.54, 1.807) is 30.3 Å². The number of ketones is 1. The summed E-state index contributed by atoms with van der Waals surface area (Å²) in [4.78, 5) is 50.4. The number of nitrogens with zero attached hydrogens (tertiary/aromatic N) is 1. The Hall–Kier alpha value is -3.48. The third kappa shape index (κ3) is 3.93. The summed E-state index contributed by atoms with van der Waals surface area (Å²) in [6.07, 6.45) is -1.15. The molecular weight excluding hydrogens is 360 g/mol. The Kier molecular flexibility index (Phi) is 5.54. The van der Waals surface area contributed by atoms with Crippen LogP contribution in [0.5, 0.6) is 0 Å². The van der Waals surface area contributed by atoms with E-state index in [0.717, 1.165) is 10.5 Å². The molecule has 144 valence electrons. The highest BCUT2D eigenvalue weighted by molar-refractivity contribution is 6.14. The van der Waals surface area contributed by atoms with Crippen LogP contribution in [-0.2, 0) is 9.53 Å². The smallest absolute Gasteiger partial charge is 0.339 e. The van der Waals surface area contributed by atoms with Crippen molar-refractivity contribution in [1.29, 1.82) is 0 Å². The molecule has 28 heavy (non-hydrogen) atoms. The predicted molar refractivity (Wildman–Crippen MR) is 101 cm³/mol. The Morgan fingerprint density at radius 2 is 1.68 bits per heavy atom. The normalized spacial score (nSPS) is 14.4. The zero-order valence-corrected chi connectivity index (χ0v) is 15.6. The molecule has 1 aliphatic rings. The number of urea groups is 1. The van der Waals surface area contributed by atoms with Crippen LogP contribution in [0.1, 0.15) is 38.8 Å². The fourth-order valence-electron chi connectivity index (χ4n) is 2.90. The van der Waals surface area contributed by atoms with Gasteiger partial charge in [0.25, 0.3) is 5.91 Å². The number of hydrogen-bond donors (Lipinski definition) is 1. The molecule has 1 heterocycles. The first-order valence-electron chi connectivity index (χ1n) is 8.89. The molecule has 0 spiro atoms. The summed E-state index contributed by atoms with van der Waals surface area (Å²) in [5.74, 6) is -1.72. The fraction of sp³-hybridized carbons (Fsp3) is 0.238. The van der Waals surface area contributed by atoms with Crippen molar-refractivity contribution in [2.45, 2.75) is 20.0 Å². The Bertz CT molecular complexity index is 936. The molecule has 0 aromatic heterocycles. The second-order valence-electron chi connectivity index (χ2n) is 6.51. The monoisotopic (exact) mass is 380 g/mol. The quantitative estimate of drug-likeness (QED) is 0.635. The number of carbonyl (C=O) groups is 4. The molecule has 7 nitrogen and oxygen atoms in total. The molecule has 0 saturated carbocycles. The Labute approximate surface area is 162 Å². The summed E-state index contributed by atoms with van der Waals surface area (Å²) in [5, 5.41) is 2.52. The van der Waals surface area contributed by atoms with Crippen molar-refractivity contribution in [3.05, 3.63) is 70.8 Å². The van der Waals surface area contributed by atoms with Crippen LogP contribution in [0.15, 0.2) is 48.5 Å². The van der Waals surface area contributed by atoms with Crippen molar-refractivity contribution in [2.75, 3.05) is 13.1 Å². The summed E-state index contributed by atoms with van der Waals surface area (Å²) >= 11 is 0. The first kappa shape index (κ1) is 19.3. The van der Waals surface area contributed by atoms with Crippen molar-refractivity contribution in [1.82, 2.24) is 10.2 Å². The van der Waals surface area contributed by atoms with Crippen LogP contribution in [0.3, 0.4) is 0 Å². The largest absolute Gasteiger partial charge is 0.449 e. The summed E-state index contributed by atoms with van der Waals surface area (Å²) in [5.41, 5.74) is 1.72. The van der Waals surface area contributed by atoms with Crippen LogP contribution in [0.25, 0.3) is 0 Å². The first-order valence-corrected chi connectivity index (χ1v) is 8.89. The summed E-state index contributed by atoms with van der Waals surface area (Å²) in [6, 6.07) is 12.8. The van der Waals surface area contributed by atoms with E-state index in [2.05, 4.69) is 5.32 Å². The lowest BCUT2D eigenvalue weighted by Gasteiger charge is -2.18. The Morgan fingerprint density at radius 3 is 2.29 bits per heavy atom. The zero-order chi connectivity index (χ0) is 20.3. The number of rotatable bonds is 5. The van der Waals surface area contributed by atoms with Gasteiger partial charge < -0.3 is 10.1 Å². The van der Waals surface area contributed by atoms with Crippen LogP contribution < -0.4 is 5.32 Å². The number of imide groups is 1. The highest BCUT2D eigenvalue weighted by Gasteiger charge is 2.32. The maximum Gasteiger partial charge on any atom is 0.339 e. The van der Waals surface area contributed by atoms with Crippen LogP contribution >= 0.6 is 0 Å². The highest BCUT2D eigenvalue weighted by Crippen LogP contribution is 2.17. The molecule has 1 N–H and O–H groups in total. The predicted octanol–water partition coefficient (Wildman–Crippen LogP) is 2.32. The van der Waals surface area contributed by atoms with E-state index in [4.69, 9.17) is 4.74 Å². The van der Waals surface area contributed by atoms with Gasteiger partial charge in [-0.15, -0.1) is 0 Å². The number of esters is 1. The molecule has 3 rings (SSSR count). The summed E-state index contributed by atoms with van der Waals surface area (Å²) in [6.45, 7) is 3.90. The number of hydrogen-bond acceptors (Lipinski definition) is 5. The van der Waals surface area contributed by atoms with Crippen molar-refractivity contribution >= 4 is 23.7 Å². The highest BCUT2D eigenvalue weighted by atomic mass is 16.5. The third-order valence-corrected chi connectivity index (χ3v) is 4.46. The van der Waals surface area contributed by atoms with Crippen molar-refractivity contribution < 1.29 is 23.9 Å². The van der Waals surface area contributed by atoms with Crippen molar-refractivity contribution in [3.63, 3.8) is 0 Å². The van der Waals surface area contributed by atoms with Crippen LogP contribution in [0.4, 0.5) is 4.79 Å². The zero-order valence-electron chi connectivity index (χ0n) is 15.6. The maximum absolute atomic E-state index is 12.8. The van der Waals surface area contributed by atoms with Gasteiger partial charge in [-0.3, -0.25) is 14.5 Å². The molecule has 1 fully saturated rings. The molecule has 1 unspecified atom stereocenters. The minimum atomic E-state index is -1.15. The molecule has 0 aliphatic carbocycles. The van der Waals surface area contributed by atoms with E-state index in [0.29, 0.717) is 12.1 Å². The second-order valence-corrected chi connectivity index (χ2v) is 6.51. The number of carbonyl (C=O) groups excluding carboxylic acids is 4. The van der Waals surface area contributed by atoms with Gasteiger partial charge in [-0.1, -0.05) is 48.0 Å². The average Bonchev–Trinajstić information content (AvgIpc) is 3.13. The number of benzene rings is 2. The molecule has 0 radical (unpaired) electrons. The topological polar surface area (TPSA) is 92.8 Å². The third-order valence-electron chi connectivity index (χ3n) is 4.46. The van der Waals surface area contributed by atoms with Crippen LogP contribution in [0.2, 0.25) is 0 Å². The molecule has 2 aromatic carbocycles. The van der Waals surface area contributed by atoms with Crippen molar-refractivity contribution in [3.8, 4) is 0 Å². The van der Waals surface area contributed by atoms with Gasteiger partial charge in [0.2, 0.25) is 0 Å². The van der Waals surface area contributed by atoms with Gasteiger partial charge >= 0.3 is 12.0 Å². The SMILES string of the molecule is Cc1ccc(C(=O)c2ccccc2C(=O)OC(C)C(=O)N2CCNC2=O)cc1.